The number of nitrogens with zero attached hydrogens (tertiary/aromatic N) is 1. The topological polar surface area (TPSA) is 76.1 Å². The quantitative estimate of drug-likeness (QED) is 0.895. The lowest BCUT2D eigenvalue weighted by atomic mass is 10.1. The van der Waals surface area contributed by atoms with Crippen LogP contribution in [0.4, 0.5) is 0 Å². The van der Waals surface area contributed by atoms with Crippen LogP contribution in [-0.4, -0.2) is 53.8 Å². The number of carbonyl (C=O) groups is 2. The number of amides is 1. The standard InChI is InChI=1S/C17H21NO5/c1-11-8-18(9-15(23-11)17(20)21)16(19)13-4-2-3-5-14(13)22-10-12-6-7-12/h2-5,11-12,15H,6-10H2,1H3,(H,20,21)/t11-,15?/m1/s1. The molecule has 6 nitrogen and oxygen atoms in total. The molecule has 23 heavy (non-hydrogen) atoms. The van der Waals surface area contributed by atoms with E-state index in [1.165, 1.54) is 17.7 Å². The van der Waals surface area contributed by atoms with Crippen molar-refractivity contribution < 1.29 is 24.2 Å². The highest BCUT2D eigenvalue weighted by atomic mass is 16.5. The van der Waals surface area contributed by atoms with Gasteiger partial charge in [0.2, 0.25) is 0 Å². The van der Waals surface area contributed by atoms with E-state index in [0.29, 0.717) is 30.4 Å². The molecule has 6 heteroatoms. The zero-order valence-corrected chi connectivity index (χ0v) is 13.1. The van der Waals surface area contributed by atoms with Crippen molar-refractivity contribution in [3.63, 3.8) is 0 Å². The molecule has 1 heterocycles. The molecule has 2 fully saturated rings. The van der Waals surface area contributed by atoms with E-state index < -0.39 is 12.1 Å². The molecule has 1 aliphatic carbocycles. The number of morpholine rings is 1. The highest BCUT2D eigenvalue weighted by molar-refractivity contribution is 5.97. The van der Waals surface area contributed by atoms with Crippen molar-refractivity contribution in [1.29, 1.82) is 0 Å². The van der Waals surface area contributed by atoms with E-state index in [0.717, 1.165) is 0 Å². The summed E-state index contributed by atoms with van der Waals surface area (Å²) in [6.45, 7) is 2.82. The number of rotatable bonds is 5. The zero-order valence-electron chi connectivity index (χ0n) is 13.1. The maximum Gasteiger partial charge on any atom is 0.334 e. The van der Waals surface area contributed by atoms with Gasteiger partial charge in [0.25, 0.3) is 5.91 Å². The average Bonchev–Trinajstić information content (AvgIpc) is 3.36. The number of benzene rings is 1. The van der Waals surface area contributed by atoms with Gasteiger partial charge in [0.15, 0.2) is 6.10 Å². The molecular weight excluding hydrogens is 298 g/mol. The number of hydrogen-bond acceptors (Lipinski definition) is 4. The first-order valence-electron chi connectivity index (χ1n) is 7.94. The molecule has 1 aromatic carbocycles. The summed E-state index contributed by atoms with van der Waals surface area (Å²) in [5.74, 6) is -0.0983. The Bertz CT molecular complexity index is 598. The Balaban J connectivity index is 1.74. The molecule has 124 valence electrons. The molecule has 2 aliphatic rings. The van der Waals surface area contributed by atoms with Crippen molar-refractivity contribution in [2.75, 3.05) is 19.7 Å². The van der Waals surface area contributed by atoms with E-state index in [9.17, 15) is 9.59 Å². The minimum absolute atomic E-state index is 0.0511. The smallest absolute Gasteiger partial charge is 0.334 e. The summed E-state index contributed by atoms with van der Waals surface area (Å²) >= 11 is 0. The maximum atomic E-state index is 12.8. The Kier molecular flexibility index (Phi) is 4.52. The van der Waals surface area contributed by atoms with Crippen LogP contribution in [0.2, 0.25) is 0 Å². The number of carbonyl (C=O) groups excluding carboxylic acids is 1. The van der Waals surface area contributed by atoms with Gasteiger partial charge in [0.05, 0.1) is 24.8 Å². The second-order valence-corrected chi connectivity index (χ2v) is 6.23. The van der Waals surface area contributed by atoms with E-state index >= 15 is 0 Å². The summed E-state index contributed by atoms with van der Waals surface area (Å²) in [7, 11) is 0. The summed E-state index contributed by atoms with van der Waals surface area (Å²) in [6.07, 6.45) is 1.06. The van der Waals surface area contributed by atoms with Crippen LogP contribution < -0.4 is 4.74 Å². The van der Waals surface area contributed by atoms with Gasteiger partial charge < -0.3 is 19.5 Å². The molecule has 0 aromatic heterocycles. The van der Waals surface area contributed by atoms with E-state index in [4.69, 9.17) is 14.6 Å². The Morgan fingerprint density at radius 2 is 2.04 bits per heavy atom. The number of para-hydroxylation sites is 1. The summed E-state index contributed by atoms with van der Waals surface area (Å²) in [6, 6.07) is 7.13. The fourth-order valence-electron chi connectivity index (χ4n) is 2.69. The van der Waals surface area contributed by atoms with Gasteiger partial charge in [-0.1, -0.05) is 12.1 Å². The second-order valence-electron chi connectivity index (χ2n) is 6.23. The van der Waals surface area contributed by atoms with E-state index in [2.05, 4.69) is 0 Å². The van der Waals surface area contributed by atoms with Gasteiger partial charge in [-0.2, -0.15) is 0 Å². The van der Waals surface area contributed by atoms with Crippen molar-refractivity contribution >= 4 is 11.9 Å². The van der Waals surface area contributed by atoms with Gasteiger partial charge in [0, 0.05) is 6.54 Å². The van der Waals surface area contributed by atoms with E-state index in [-0.39, 0.29) is 18.6 Å². The fraction of sp³-hybridized carbons (Fsp3) is 0.529. The first-order valence-corrected chi connectivity index (χ1v) is 7.94. The number of ether oxygens (including phenoxy) is 2. The van der Waals surface area contributed by atoms with Crippen molar-refractivity contribution in [2.24, 2.45) is 5.92 Å². The molecule has 2 atom stereocenters. The summed E-state index contributed by atoms with van der Waals surface area (Å²) < 4.78 is 11.1. The third-order valence-electron chi connectivity index (χ3n) is 4.11. The Morgan fingerprint density at radius 1 is 1.30 bits per heavy atom. The van der Waals surface area contributed by atoms with Gasteiger partial charge in [-0.3, -0.25) is 4.79 Å². The molecule has 0 radical (unpaired) electrons. The molecule has 1 aliphatic heterocycles. The summed E-state index contributed by atoms with van der Waals surface area (Å²) in [4.78, 5) is 25.5. The largest absolute Gasteiger partial charge is 0.492 e. The lowest BCUT2D eigenvalue weighted by Gasteiger charge is -2.35. The predicted octanol–water partition coefficient (Wildman–Crippen LogP) is 1.79. The van der Waals surface area contributed by atoms with Gasteiger partial charge in [-0.05, 0) is 37.8 Å². The molecule has 1 unspecified atom stereocenters. The lowest BCUT2D eigenvalue weighted by Crippen LogP contribution is -2.51. The van der Waals surface area contributed by atoms with Crippen molar-refractivity contribution in [3.05, 3.63) is 29.8 Å². The van der Waals surface area contributed by atoms with Crippen molar-refractivity contribution in [2.45, 2.75) is 32.0 Å². The van der Waals surface area contributed by atoms with Crippen LogP contribution in [0, 0.1) is 5.92 Å². The molecular formula is C17H21NO5. The van der Waals surface area contributed by atoms with Crippen LogP contribution in [0.5, 0.6) is 5.75 Å². The third kappa shape index (κ3) is 3.82. The number of carboxylic acids is 1. The Hall–Kier alpha value is -2.08. The van der Waals surface area contributed by atoms with Crippen LogP contribution in [-0.2, 0) is 9.53 Å². The fourth-order valence-corrected chi connectivity index (χ4v) is 2.69. The number of hydrogen-bond donors (Lipinski definition) is 1. The van der Waals surface area contributed by atoms with Gasteiger partial charge in [0.1, 0.15) is 5.75 Å². The molecule has 1 N–H and O–H groups in total. The highest BCUT2D eigenvalue weighted by Gasteiger charge is 2.34. The Morgan fingerprint density at radius 3 is 2.74 bits per heavy atom. The van der Waals surface area contributed by atoms with Crippen molar-refractivity contribution in [3.8, 4) is 5.75 Å². The zero-order chi connectivity index (χ0) is 16.4. The SMILES string of the molecule is C[C@@H]1CN(C(=O)c2ccccc2OCC2CC2)CC(C(=O)O)O1. The minimum Gasteiger partial charge on any atom is -0.492 e. The van der Waals surface area contributed by atoms with E-state index in [1.807, 2.05) is 6.07 Å². The second kappa shape index (κ2) is 6.58. The third-order valence-corrected chi connectivity index (χ3v) is 4.11. The molecule has 0 bridgehead atoms. The molecule has 1 saturated carbocycles. The van der Waals surface area contributed by atoms with Crippen molar-refractivity contribution in [1.82, 2.24) is 4.90 Å². The van der Waals surface area contributed by atoms with Crippen LogP contribution in [0.25, 0.3) is 0 Å². The number of carboxylic acid groups (broad SMARTS) is 1. The normalized spacial score (nSPS) is 24.3. The maximum absolute atomic E-state index is 12.8. The monoisotopic (exact) mass is 319 g/mol. The van der Waals surface area contributed by atoms with Crippen LogP contribution in [0.15, 0.2) is 24.3 Å². The Labute approximate surface area is 135 Å². The molecule has 1 saturated heterocycles. The van der Waals surface area contributed by atoms with Gasteiger partial charge in [-0.15, -0.1) is 0 Å². The van der Waals surface area contributed by atoms with Crippen LogP contribution >= 0.6 is 0 Å². The number of aliphatic carboxylic acids is 1. The minimum atomic E-state index is -1.05. The van der Waals surface area contributed by atoms with Gasteiger partial charge >= 0.3 is 5.97 Å². The lowest BCUT2D eigenvalue weighted by molar-refractivity contribution is -0.160. The average molecular weight is 319 g/mol. The molecule has 3 rings (SSSR count). The first kappa shape index (κ1) is 15.8. The summed E-state index contributed by atoms with van der Waals surface area (Å²) in [5, 5.41) is 9.15. The first-order chi connectivity index (χ1) is 11.0. The van der Waals surface area contributed by atoms with Crippen LogP contribution in [0.1, 0.15) is 30.1 Å². The molecule has 1 amide bonds. The van der Waals surface area contributed by atoms with Gasteiger partial charge in [-0.25, -0.2) is 4.79 Å². The van der Waals surface area contributed by atoms with E-state index in [1.54, 1.807) is 25.1 Å². The molecule has 1 aromatic rings. The molecule has 0 spiro atoms. The predicted molar refractivity (Wildman–Crippen MR) is 82.5 cm³/mol. The van der Waals surface area contributed by atoms with Crippen LogP contribution in [0.3, 0.4) is 0 Å². The summed E-state index contributed by atoms with van der Waals surface area (Å²) in [5.41, 5.74) is 0.478. The highest BCUT2D eigenvalue weighted by Crippen LogP contribution is 2.30.